The van der Waals surface area contributed by atoms with Gasteiger partial charge in [0.25, 0.3) is 0 Å². The molecule has 0 unspecified atom stereocenters. The summed E-state index contributed by atoms with van der Waals surface area (Å²) in [4.78, 5) is 2.62. The van der Waals surface area contributed by atoms with Gasteiger partial charge in [-0.25, -0.2) is 0 Å². The largest absolute Gasteiger partial charge is 0.313 e. The van der Waals surface area contributed by atoms with E-state index >= 15 is 0 Å². The van der Waals surface area contributed by atoms with Gasteiger partial charge in [0.05, 0.1) is 0 Å². The lowest BCUT2D eigenvalue weighted by Gasteiger charge is -2.26. The topological polar surface area (TPSA) is 15.3 Å². The summed E-state index contributed by atoms with van der Waals surface area (Å²) in [5.74, 6) is 0. The van der Waals surface area contributed by atoms with Crippen molar-refractivity contribution in [3.63, 3.8) is 0 Å². The number of unbranched alkanes of at least 4 members (excludes halogenated alkanes) is 3. The number of rotatable bonds is 9. The molecule has 1 heterocycles. The fourth-order valence-electron chi connectivity index (χ4n) is 3.55. The molecule has 2 aromatic carbocycles. The van der Waals surface area contributed by atoms with E-state index in [1.807, 2.05) is 0 Å². The van der Waals surface area contributed by atoms with Gasteiger partial charge in [0.15, 0.2) is 0 Å². The molecule has 1 fully saturated rings. The Morgan fingerprint density at radius 3 is 2.50 bits per heavy atom. The quantitative estimate of drug-likeness (QED) is 0.667. The summed E-state index contributed by atoms with van der Waals surface area (Å²) in [6.07, 6.45) is 10.4. The second-order valence-corrected chi connectivity index (χ2v) is 6.98. The molecule has 0 aromatic heterocycles. The highest BCUT2D eigenvalue weighted by Gasteiger charge is 2.08. The van der Waals surface area contributed by atoms with Gasteiger partial charge in [0.2, 0.25) is 0 Å². The number of likely N-dealkylation sites (tertiary alicyclic amines) is 1. The van der Waals surface area contributed by atoms with E-state index in [-0.39, 0.29) is 0 Å². The highest BCUT2D eigenvalue weighted by atomic mass is 15.1. The van der Waals surface area contributed by atoms with Crippen LogP contribution in [0.2, 0.25) is 0 Å². The summed E-state index contributed by atoms with van der Waals surface area (Å²) in [7, 11) is 0. The molecule has 1 aliphatic rings. The predicted molar refractivity (Wildman–Crippen MR) is 104 cm³/mol. The lowest BCUT2D eigenvalue weighted by Crippen LogP contribution is -2.30. The van der Waals surface area contributed by atoms with E-state index in [0.29, 0.717) is 0 Å². The van der Waals surface area contributed by atoms with Gasteiger partial charge >= 0.3 is 0 Å². The number of piperidine rings is 1. The zero-order chi connectivity index (χ0) is 16.5. The van der Waals surface area contributed by atoms with Crippen LogP contribution in [0.25, 0.3) is 10.8 Å². The summed E-state index contributed by atoms with van der Waals surface area (Å²) >= 11 is 0. The first kappa shape index (κ1) is 17.4. The zero-order valence-corrected chi connectivity index (χ0v) is 14.8. The molecular weight excluding hydrogens is 292 g/mol. The minimum Gasteiger partial charge on any atom is -0.313 e. The Morgan fingerprint density at radius 1 is 0.833 bits per heavy atom. The van der Waals surface area contributed by atoms with Crippen LogP contribution in [0.5, 0.6) is 0 Å². The van der Waals surface area contributed by atoms with Gasteiger partial charge in [-0.05, 0) is 80.7 Å². The molecule has 1 radical (unpaired) electrons. The first-order valence-corrected chi connectivity index (χ1v) is 9.64. The molecule has 1 aliphatic heterocycles. The van der Waals surface area contributed by atoms with Crippen molar-refractivity contribution in [1.29, 1.82) is 0 Å². The van der Waals surface area contributed by atoms with Gasteiger partial charge in [0.1, 0.15) is 0 Å². The van der Waals surface area contributed by atoms with Crippen LogP contribution in [0.4, 0.5) is 0 Å². The van der Waals surface area contributed by atoms with Crippen LogP contribution in [0.15, 0.2) is 42.5 Å². The molecule has 1 saturated heterocycles. The van der Waals surface area contributed by atoms with Crippen molar-refractivity contribution in [3.8, 4) is 0 Å². The average molecular weight is 324 g/mol. The zero-order valence-electron chi connectivity index (χ0n) is 14.8. The molecule has 0 aliphatic carbocycles. The smallest absolute Gasteiger partial charge is 0.0205 e. The Kier molecular flexibility index (Phi) is 7.13. The van der Waals surface area contributed by atoms with Gasteiger partial charge in [-0.2, -0.15) is 0 Å². The fourth-order valence-corrected chi connectivity index (χ4v) is 3.55. The maximum Gasteiger partial charge on any atom is 0.0205 e. The van der Waals surface area contributed by atoms with E-state index in [2.05, 4.69) is 59.1 Å². The SMILES string of the molecule is [CH]1CCN(CCCCCCNCc2ccc3ccccc3c2)CC1. The van der Waals surface area contributed by atoms with Crippen molar-refractivity contribution >= 4 is 10.8 Å². The Bertz CT molecular complexity index is 602. The first-order chi connectivity index (χ1) is 11.9. The molecular formula is C22H31N2. The average Bonchev–Trinajstić information content (AvgIpc) is 2.64. The lowest BCUT2D eigenvalue weighted by atomic mass is 10.1. The summed E-state index contributed by atoms with van der Waals surface area (Å²) in [5, 5.41) is 6.26. The van der Waals surface area contributed by atoms with E-state index in [4.69, 9.17) is 0 Å². The standard InChI is InChI=1S/C22H31N2/c1(2-7-15-24-16-8-3-9-17-24)6-14-23-19-20-12-13-21-10-4-5-11-22(21)18-20/h3-5,10-13,18,23H,1-2,6-9,14-17,19H2. The number of nitrogens with zero attached hydrogens (tertiary/aromatic N) is 1. The molecule has 129 valence electrons. The van der Waals surface area contributed by atoms with Crippen molar-refractivity contribution in [3.05, 3.63) is 54.4 Å². The van der Waals surface area contributed by atoms with Crippen LogP contribution in [0.3, 0.4) is 0 Å². The van der Waals surface area contributed by atoms with Crippen molar-refractivity contribution in [2.24, 2.45) is 0 Å². The number of hydrogen-bond donors (Lipinski definition) is 1. The number of nitrogens with one attached hydrogen (secondary N) is 1. The summed E-state index contributed by atoms with van der Waals surface area (Å²) in [6.45, 7) is 5.99. The first-order valence-electron chi connectivity index (χ1n) is 9.64. The number of benzene rings is 2. The van der Waals surface area contributed by atoms with Crippen molar-refractivity contribution < 1.29 is 0 Å². The highest BCUT2D eigenvalue weighted by molar-refractivity contribution is 5.82. The molecule has 2 heteroatoms. The number of fused-ring (bicyclic) bond motifs is 1. The lowest BCUT2D eigenvalue weighted by molar-refractivity contribution is 0.248. The van der Waals surface area contributed by atoms with Crippen LogP contribution in [0.1, 0.15) is 44.1 Å². The maximum atomic E-state index is 3.59. The highest BCUT2D eigenvalue weighted by Crippen LogP contribution is 2.15. The van der Waals surface area contributed by atoms with E-state index in [1.165, 1.54) is 74.5 Å². The van der Waals surface area contributed by atoms with Gasteiger partial charge in [-0.1, -0.05) is 49.2 Å². The van der Waals surface area contributed by atoms with Gasteiger partial charge in [-0.3, -0.25) is 0 Å². The summed E-state index contributed by atoms with van der Waals surface area (Å²) < 4.78 is 0. The van der Waals surface area contributed by atoms with Crippen molar-refractivity contribution in [2.75, 3.05) is 26.2 Å². The fraction of sp³-hybridized carbons (Fsp3) is 0.500. The van der Waals surface area contributed by atoms with Gasteiger partial charge < -0.3 is 10.2 Å². The van der Waals surface area contributed by atoms with Crippen molar-refractivity contribution in [2.45, 2.75) is 45.1 Å². The molecule has 2 aromatic rings. The normalized spacial score (nSPS) is 15.8. The monoisotopic (exact) mass is 323 g/mol. The molecule has 24 heavy (non-hydrogen) atoms. The third kappa shape index (κ3) is 5.61. The third-order valence-electron chi connectivity index (χ3n) is 5.02. The minimum atomic E-state index is 0.981. The molecule has 0 spiro atoms. The molecule has 0 amide bonds. The molecule has 3 rings (SSSR count). The molecule has 0 atom stereocenters. The second-order valence-electron chi connectivity index (χ2n) is 6.98. The molecule has 1 N–H and O–H groups in total. The van der Waals surface area contributed by atoms with Crippen LogP contribution in [-0.2, 0) is 6.54 Å². The molecule has 0 saturated carbocycles. The van der Waals surface area contributed by atoms with Gasteiger partial charge in [0, 0.05) is 6.54 Å². The van der Waals surface area contributed by atoms with E-state index < -0.39 is 0 Å². The Labute approximate surface area is 147 Å². The Hall–Kier alpha value is -1.38. The maximum absolute atomic E-state index is 3.59. The summed E-state index contributed by atoms with van der Waals surface area (Å²) in [6, 6.07) is 15.4. The number of hydrogen-bond acceptors (Lipinski definition) is 2. The molecule has 0 bridgehead atoms. The van der Waals surface area contributed by atoms with E-state index in [0.717, 1.165) is 13.1 Å². The van der Waals surface area contributed by atoms with Crippen LogP contribution in [0, 0.1) is 6.42 Å². The molecule has 2 nitrogen and oxygen atoms in total. The third-order valence-corrected chi connectivity index (χ3v) is 5.02. The Morgan fingerprint density at radius 2 is 1.62 bits per heavy atom. The second kappa shape index (κ2) is 9.80. The summed E-state index contributed by atoms with van der Waals surface area (Å²) in [5.41, 5.74) is 1.38. The minimum absolute atomic E-state index is 0.981. The van der Waals surface area contributed by atoms with Crippen LogP contribution < -0.4 is 5.32 Å². The predicted octanol–water partition coefficient (Wildman–Crippen LogP) is 4.79. The van der Waals surface area contributed by atoms with E-state index in [1.54, 1.807) is 0 Å². The van der Waals surface area contributed by atoms with Crippen molar-refractivity contribution in [1.82, 2.24) is 10.2 Å². The van der Waals surface area contributed by atoms with E-state index in [9.17, 15) is 0 Å². The Balaban J connectivity index is 1.24. The van der Waals surface area contributed by atoms with Gasteiger partial charge in [-0.15, -0.1) is 0 Å². The van der Waals surface area contributed by atoms with Crippen LogP contribution in [-0.4, -0.2) is 31.1 Å². The van der Waals surface area contributed by atoms with Crippen LogP contribution >= 0.6 is 0 Å².